The Morgan fingerprint density at radius 1 is 1.40 bits per heavy atom. The van der Waals surface area contributed by atoms with Gasteiger partial charge < -0.3 is 16.0 Å². The van der Waals surface area contributed by atoms with Crippen LogP contribution in [-0.4, -0.2) is 37.2 Å². The van der Waals surface area contributed by atoms with Crippen molar-refractivity contribution < 1.29 is 9.59 Å². The lowest BCUT2D eigenvalue weighted by Crippen LogP contribution is -2.31. The van der Waals surface area contributed by atoms with Crippen LogP contribution in [0.15, 0.2) is 23.1 Å². The molecule has 0 bridgehead atoms. The fourth-order valence-electron chi connectivity index (χ4n) is 1.75. The molecule has 20 heavy (non-hydrogen) atoms. The predicted octanol–water partition coefficient (Wildman–Crippen LogP) is 1.49. The van der Waals surface area contributed by atoms with E-state index in [2.05, 4.69) is 16.0 Å². The van der Waals surface area contributed by atoms with Crippen molar-refractivity contribution in [3.8, 4) is 0 Å². The molecule has 0 spiro atoms. The maximum Gasteiger partial charge on any atom is 0.251 e. The van der Waals surface area contributed by atoms with Crippen LogP contribution in [0.3, 0.4) is 0 Å². The number of fused-ring (bicyclic) bond motifs is 1. The smallest absolute Gasteiger partial charge is 0.251 e. The molecule has 110 valence electrons. The Bertz CT molecular complexity index is 510. The van der Waals surface area contributed by atoms with Crippen molar-refractivity contribution in [2.24, 2.45) is 0 Å². The highest BCUT2D eigenvalue weighted by Gasteiger charge is 2.23. The SMILES string of the molecule is CNCCNC(=O)c1ccc2c(c1)NC(=O)C(C)S2.Cl. The molecule has 1 unspecified atom stereocenters. The van der Waals surface area contributed by atoms with Crippen LogP contribution in [0.4, 0.5) is 5.69 Å². The zero-order valence-electron chi connectivity index (χ0n) is 11.4. The topological polar surface area (TPSA) is 70.2 Å². The van der Waals surface area contributed by atoms with Crippen LogP contribution in [-0.2, 0) is 4.79 Å². The van der Waals surface area contributed by atoms with Gasteiger partial charge in [-0.15, -0.1) is 24.2 Å². The van der Waals surface area contributed by atoms with Gasteiger partial charge in [0, 0.05) is 23.5 Å². The highest BCUT2D eigenvalue weighted by molar-refractivity contribution is 8.00. The molecule has 1 aliphatic rings. The van der Waals surface area contributed by atoms with Crippen molar-refractivity contribution >= 4 is 41.7 Å². The lowest BCUT2D eigenvalue weighted by molar-refractivity contribution is -0.115. The largest absolute Gasteiger partial charge is 0.351 e. The number of benzene rings is 1. The minimum Gasteiger partial charge on any atom is -0.351 e. The van der Waals surface area contributed by atoms with E-state index in [1.54, 1.807) is 12.1 Å². The molecule has 3 N–H and O–H groups in total. The summed E-state index contributed by atoms with van der Waals surface area (Å²) in [7, 11) is 1.83. The second-order valence-corrected chi connectivity index (χ2v) is 5.70. The number of nitrogens with one attached hydrogen (secondary N) is 3. The van der Waals surface area contributed by atoms with Crippen molar-refractivity contribution in [2.45, 2.75) is 17.1 Å². The molecule has 1 aromatic carbocycles. The maximum absolute atomic E-state index is 11.9. The van der Waals surface area contributed by atoms with E-state index in [1.807, 2.05) is 20.0 Å². The number of thioether (sulfide) groups is 1. The molecule has 0 aromatic heterocycles. The van der Waals surface area contributed by atoms with Crippen molar-refractivity contribution in [3.05, 3.63) is 23.8 Å². The Morgan fingerprint density at radius 3 is 2.85 bits per heavy atom. The maximum atomic E-state index is 11.9. The van der Waals surface area contributed by atoms with Gasteiger partial charge in [-0.3, -0.25) is 9.59 Å². The van der Waals surface area contributed by atoms with E-state index in [9.17, 15) is 9.59 Å². The van der Waals surface area contributed by atoms with E-state index < -0.39 is 0 Å². The third-order valence-corrected chi connectivity index (χ3v) is 4.01. The van der Waals surface area contributed by atoms with E-state index in [0.29, 0.717) is 12.1 Å². The molecule has 1 atom stereocenters. The average Bonchev–Trinajstić information content (AvgIpc) is 2.40. The highest BCUT2D eigenvalue weighted by Crippen LogP contribution is 2.35. The first kappa shape index (κ1) is 16.8. The number of carbonyl (C=O) groups is 2. The average molecular weight is 316 g/mol. The van der Waals surface area contributed by atoms with Crippen LogP contribution < -0.4 is 16.0 Å². The standard InChI is InChI=1S/C13H17N3O2S.ClH/c1-8-12(17)16-10-7-9(3-4-11(10)19-8)13(18)15-6-5-14-2;/h3-4,7-8,14H,5-6H2,1-2H3,(H,15,18)(H,16,17);1H. The lowest BCUT2D eigenvalue weighted by atomic mass is 10.1. The van der Waals surface area contributed by atoms with Crippen molar-refractivity contribution in [3.63, 3.8) is 0 Å². The number of anilines is 1. The Labute approximate surface area is 128 Å². The summed E-state index contributed by atoms with van der Waals surface area (Å²) in [6.07, 6.45) is 0. The molecule has 0 fully saturated rings. The van der Waals surface area contributed by atoms with Gasteiger partial charge in [0.25, 0.3) is 5.91 Å². The van der Waals surface area contributed by atoms with E-state index in [0.717, 1.165) is 17.1 Å². The second kappa shape index (κ2) is 7.52. The minimum absolute atomic E-state index is 0. The summed E-state index contributed by atoms with van der Waals surface area (Å²) >= 11 is 1.51. The minimum atomic E-state index is -0.129. The van der Waals surface area contributed by atoms with Crippen molar-refractivity contribution in [2.75, 3.05) is 25.5 Å². The molecule has 0 aliphatic carbocycles. The first-order valence-electron chi connectivity index (χ1n) is 6.16. The zero-order valence-corrected chi connectivity index (χ0v) is 13.0. The number of likely N-dealkylation sites (N-methyl/N-ethyl adjacent to an activating group) is 1. The van der Waals surface area contributed by atoms with Gasteiger partial charge in [-0.2, -0.15) is 0 Å². The molecule has 0 radical (unpaired) electrons. The van der Waals surface area contributed by atoms with Gasteiger partial charge >= 0.3 is 0 Å². The highest BCUT2D eigenvalue weighted by atomic mass is 35.5. The molecule has 5 nitrogen and oxygen atoms in total. The number of amides is 2. The van der Waals surface area contributed by atoms with E-state index >= 15 is 0 Å². The van der Waals surface area contributed by atoms with Crippen molar-refractivity contribution in [1.29, 1.82) is 0 Å². The lowest BCUT2D eigenvalue weighted by Gasteiger charge is -2.21. The molecular formula is C13H18ClN3O2S. The number of carbonyl (C=O) groups excluding carboxylic acids is 2. The van der Waals surface area contributed by atoms with E-state index in [-0.39, 0.29) is 29.5 Å². The molecule has 0 saturated carbocycles. The number of halogens is 1. The van der Waals surface area contributed by atoms with E-state index in [1.165, 1.54) is 11.8 Å². The van der Waals surface area contributed by atoms with Crippen LogP contribution in [0.1, 0.15) is 17.3 Å². The fourth-order valence-corrected chi connectivity index (χ4v) is 2.68. The van der Waals surface area contributed by atoms with Gasteiger partial charge in [-0.25, -0.2) is 0 Å². The number of rotatable bonds is 4. The summed E-state index contributed by atoms with van der Waals surface area (Å²) in [5, 5.41) is 8.49. The molecule has 0 saturated heterocycles. The Kier molecular flexibility index (Phi) is 6.32. The fraction of sp³-hybridized carbons (Fsp3) is 0.385. The molecule has 2 rings (SSSR count). The zero-order chi connectivity index (χ0) is 13.8. The van der Waals surface area contributed by atoms with Crippen LogP contribution in [0, 0.1) is 0 Å². The normalized spacial score (nSPS) is 16.7. The summed E-state index contributed by atoms with van der Waals surface area (Å²) in [6.45, 7) is 3.16. The Hall–Kier alpha value is -1.24. The van der Waals surface area contributed by atoms with Gasteiger partial charge in [0.15, 0.2) is 0 Å². The summed E-state index contributed by atoms with van der Waals surface area (Å²) in [4.78, 5) is 24.5. The number of hydrogen-bond acceptors (Lipinski definition) is 4. The molecule has 1 aromatic rings. The Balaban J connectivity index is 0.00000200. The Morgan fingerprint density at radius 2 is 2.15 bits per heavy atom. The van der Waals surface area contributed by atoms with Gasteiger partial charge in [-0.1, -0.05) is 0 Å². The first-order valence-corrected chi connectivity index (χ1v) is 7.04. The van der Waals surface area contributed by atoms with Gasteiger partial charge in [0.05, 0.1) is 10.9 Å². The van der Waals surface area contributed by atoms with E-state index in [4.69, 9.17) is 0 Å². The predicted molar refractivity (Wildman–Crippen MR) is 83.9 cm³/mol. The third kappa shape index (κ3) is 3.88. The monoisotopic (exact) mass is 315 g/mol. The van der Waals surface area contributed by atoms with Crippen LogP contribution >= 0.6 is 24.2 Å². The van der Waals surface area contributed by atoms with Gasteiger partial charge in [-0.05, 0) is 32.2 Å². The summed E-state index contributed by atoms with van der Waals surface area (Å²) < 4.78 is 0. The second-order valence-electron chi connectivity index (χ2n) is 4.32. The van der Waals surface area contributed by atoms with Crippen LogP contribution in [0.2, 0.25) is 0 Å². The summed E-state index contributed by atoms with van der Waals surface area (Å²) in [5.41, 5.74) is 1.28. The van der Waals surface area contributed by atoms with Crippen LogP contribution in [0.5, 0.6) is 0 Å². The quantitative estimate of drug-likeness (QED) is 0.736. The van der Waals surface area contributed by atoms with Crippen LogP contribution in [0.25, 0.3) is 0 Å². The molecule has 1 heterocycles. The molecule has 1 aliphatic heterocycles. The molecule has 7 heteroatoms. The third-order valence-electron chi connectivity index (χ3n) is 2.83. The summed E-state index contributed by atoms with van der Waals surface area (Å²) in [6, 6.07) is 5.38. The molecular weight excluding hydrogens is 298 g/mol. The first-order chi connectivity index (χ1) is 9.11. The summed E-state index contributed by atoms with van der Waals surface area (Å²) in [5.74, 6) is -0.152. The molecule has 2 amide bonds. The van der Waals surface area contributed by atoms with Gasteiger partial charge in [0.2, 0.25) is 5.91 Å². The van der Waals surface area contributed by atoms with Gasteiger partial charge in [0.1, 0.15) is 0 Å². The number of hydrogen-bond donors (Lipinski definition) is 3. The van der Waals surface area contributed by atoms with Crippen molar-refractivity contribution in [1.82, 2.24) is 10.6 Å².